The summed E-state index contributed by atoms with van der Waals surface area (Å²) in [6, 6.07) is 19.2. The molecule has 9 heteroatoms. The predicted molar refractivity (Wildman–Crippen MR) is 146 cm³/mol. The van der Waals surface area contributed by atoms with E-state index in [2.05, 4.69) is 40.3 Å². The predicted octanol–water partition coefficient (Wildman–Crippen LogP) is 4.71. The summed E-state index contributed by atoms with van der Waals surface area (Å²) >= 11 is 4.71. The van der Waals surface area contributed by atoms with Crippen LogP contribution in [-0.2, 0) is 14.3 Å². The Balaban J connectivity index is 0.000000375. The molecule has 188 valence electrons. The molecule has 2 aromatic carbocycles. The average molecular weight is 571 g/mol. The number of carbonyl (C=O) groups excluding carboxylic acids is 3. The lowest BCUT2D eigenvalue weighted by Crippen LogP contribution is -2.42. The van der Waals surface area contributed by atoms with Gasteiger partial charge in [0.1, 0.15) is 6.61 Å². The number of aryl methyl sites for hydroxylation is 2. The maximum absolute atomic E-state index is 12.5. The number of morpholine rings is 1. The Morgan fingerprint density at radius 2 is 1.81 bits per heavy atom. The van der Waals surface area contributed by atoms with Crippen LogP contribution in [-0.4, -0.2) is 50.1 Å². The molecule has 7 nitrogen and oxygen atoms in total. The molecule has 3 aromatic rings. The lowest BCUT2D eigenvalue weighted by Gasteiger charge is -2.29. The van der Waals surface area contributed by atoms with Crippen molar-refractivity contribution in [2.75, 3.05) is 36.1 Å². The van der Waals surface area contributed by atoms with E-state index in [0.29, 0.717) is 24.6 Å². The molecule has 0 bridgehead atoms. The van der Waals surface area contributed by atoms with Gasteiger partial charge in [0, 0.05) is 30.9 Å². The summed E-state index contributed by atoms with van der Waals surface area (Å²) in [7, 11) is 0. The second kappa shape index (κ2) is 11.8. The molecule has 2 aliphatic heterocycles. The standard InChI is InChI=1S/C20H20BrN3O4S.C7H8/c1-12-8-14(2-3-15(12)23-6-7-28-11-19(23)26)24-10-13(9-18(24)25)22-20(27)16-4-5-17(21)29-16;1-7-5-3-2-4-6-7/h2-5,8,13H,6-7,9-11H2,1H3,(H,22,27);2-6H,1H3. The molecule has 2 fully saturated rings. The van der Waals surface area contributed by atoms with E-state index < -0.39 is 0 Å². The van der Waals surface area contributed by atoms with Crippen molar-refractivity contribution in [2.24, 2.45) is 0 Å². The number of anilines is 2. The van der Waals surface area contributed by atoms with Crippen LogP contribution in [0.25, 0.3) is 0 Å². The number of carbonyl (C=O) groups is 3. The summed E-state index contributed by atoms with van der Waals surface area (Å²) < 4.78 is 6.08. The molecular formula is C27H28BrN3O4S. The molecule has 1 atom stereocenters. The van der Waals surface area contributed by atoms with E-state index in [0.717, 1.165) is 20.7 Å². The van der Waals surface area contributed by atoms with Crippen molar-refractivity contribution in [3.05, 3.63) is 80.5 Å². The highest BCUT2D eigenvalue weighted by molar-refractivity contribution is 9.11. The molecule has 5 rings (SSSR count). The molecule has 3 heterocycles. The van der Waals surface area contributed by atoms with E-state index >= 15 is 0 Å². The molecule has 2 saturated heterocycles. The quantitative estimate of drug-likeness (QED) is 0.493. The Kier molecular flexibility index (Phi) is 8.56. The second-order valence-corrected chi connectivity index (χ2v) is 11.2. The lowest BCUT2D eigenvalue weighted by atomic mass is 10.1. The number of amides is 3. The number of ether oxygens (including phenoxy) is 1. The van der Waals surface area contributed by atoms with Gasteiger partial charge in [-0.1, -0.05) is 35.9 Å². The van der Waals surface area contributed by atoms with Gasteiger partial charge in [0.2, 0.25) is 5.91 Å². The van der Waals surface area contributed by atoms with Crippen LogP contribution in [0.15, 0.2) is 64.5 Å². The highest BCUT2D eigenvalue weighted by Gasteiger charge is 2.32. The fourth-order valence-electron chi connectivity index (χ4n) is 4.16. The van der Waals surface area contributed by atoms with Gasteiger partial charge in [0.05, 0.1) is 21.3 Å². The number of thiophene rings is 1. The zero-order valence-electron chi connectivity index (χ0n) is 20.2. The summed E-state index contributed by atoms with van der Waals surface area (Å²) in [5.41, 5.74) is 3.85. The molecule has 2 aliphatic rings. The largest absolute Gasteiger partial charge is 0.370 e. The van der Waals surface area contributed by atoms with E-state index in [1.165, 1.54) is 16.9 Å². The molecule has 0 spiro atoms. The van der Waals surface area contributed by atoms with Gasteiger partial charge in [-0.3, -0.25) is 14.4 Å². The van der Waals surface area contributed by atoms with Crippen LogP contribution in [0.3, 0.4) is 0 Å². The molecule has 1 N–H and O–H groups in total. The number of hydrogen-bond donors (Lipinski definition) is 1. The van der Waals surface area contributed by atoms with E-state index in [9.17, 15) is 14.4 Å². The molecule has 1 aromatic heterocycles. The zero-order chi connectivity index (χ0) is 25.7. The Hall–Kier alpha value is -3.01. The first kappa shape index (κ1) is 26.1. The summed E-state index contributed by atoms with van der Waals surface area (Å²) in [6.07, 6.45) is 0.265. The van der Waals surface area contributed by atoms with Crippen molar-refractivity contribution in [3.8, 4) is 0 Å². The molecule has 1 unspecified atom stereocenters. The summed E-state index contributed by atoms with van der Waals surface area (Å²) in [5, 5.41) is 2.94. The van der Waals surface area contributed by atoms with Crippen molar-refractivity contribution < 1.29 is 19.1 Å². The van der Waals surface area contributed by atoms with Crippen LogP contribution < -0.4 is 15.1 Å². The van der Waals surface area contributed by atoms with Crippen molar-refractivity contribution in [1.29, 1.82) is 0 Å². The number of nitrogens with one attached hydrogen (secondary N) is 1. The molecule has 36 heavy (non-hydrogen) atoms. The Morgan fingerprint density at radius 3 is 2.42 bits per heavy atom. The normalized spacial score (nSPS) is 17.6. The highest BCUT2D eigenvalue weighted by atomic mass is 79.9. The third-order valence-corrected chi connectivity index (χ3v) is 7.59. The topological polar surface area (TPSA) is 79.0 Å². The highest BCUT2D eigenvalue weighted by Crippen LogP contribution is 2.29. The number of halogens is 1. The van der Waals surface area contributed by atoms with Crippen molar-refractivity contribution in [1.82, 2.24) is 5.32 Å². The number of nitrogens with zero attached hydrogens (tertiary/aromatic N) is 2. The molecule has 0 aliphatic carbocycles. The Bertz CT molecular complexity index is 1250. The first-order chi connectivity index (χ1) is 17.3. The minimum atomic E-state index is -0.239. The number of rotatable bonds is 4. The van der Waals surface area contributed by atoms with Gasteiger partial charge in [0.15, 0.2) is 0 Å². The van der Waals surface area contributed by atoms with Crippen molar-refractivity contribution >= 4 is 56.4 Å². The summed E-state index contributed by atoms with van der Waals surface area (Å²) in [6.45, 7) is 5.56. The average Bonchev–Trinajstić information content (AvgIpc) is 3.46. The summed E-state index contributed by atoms with van der Waals surface area (Å²) in [5.74, 6) is -0.262. The van der Waals surface area contributed by atoms with Crippen LogP contribution in [0, 0.1) is 13.8 Å². The Labute approximate surface area is 223 Å². The zero-order valence-corrected chi connectivity index (χ0v) is 22.6. The van der Waals surface area contributed by atoms with Crippen LogP contribution in [0.4, 0.5) is 11.4 Å². The van der Waals surface area contributed by atoms with Crippen molar-refractivity contribution in [3.63, 3.8) is 0 Å². The Morgan fingerprint density at radius 1 is 1.03 bits per heavy atom. The van der Waals surface area contributed by atoms with Crippen molar-refractivity contribution in [2.45, 2.75) is 26.3 Å². The molecule has 0 radical (unpaired) electrons. The van der Waals surface area contributed by atoms with Gasteiger partial charge in [-0.15, -0.1) is 11.3 Å². The van der Waals surface area contributed by atoms with Gasteiger partial charge in [-0.2, -0.15) is 0 Å². The van der Waals surface area contributed by atoms with Gasteiger partial charge in [-0.25, -0.2) is 0 Å². The SMILES string of the molecule is Cc1cc(N2CC(NC(=O)c3ccc(Br)s3)CC2=O)ccc1N1CCOCC1=O.Cc1ccccc1. The smallest absolute Gasteiger partial charge is 0.261 e. The van der Waals surface area contributed by atoms with Crippen LogP contribution in [0.5, 0.6) is 0 Å². The molecule has 3 amide bonds. The van der Waals surface area contributed by atoms with Gasteiger partial charge in [-0.05, 0) is 65.7 Å². The fraction of sp³-hybridized carbons (Fsp3) is 0.296. The van der Waals surface area contributed by atoms with E-state index in [4.69, 9.17) is 4.74 Å². The maximum atomic E-state index is 12.5. The molecular weight excluding hydrogens is 542 g/mol. The third-order valence-electron chi connectivity index (χ3n) is 5.97. The first-order valence-electron chi connectivity index (χ1n) is 11.7. The van der Waals surface area contributed by atoms with Crippen LogP contribution in [0.1, 0.15) is 27.2 Å². The van der Waals surface area contributed by atoms with Crippen LogP contribution in [0.2, 0.25) is 0 Å². The monoisotopic (exact) mass is 569 g/mol. The maximum Gasteiger partial charge on any atom is 0.261 e. The minimum Gasteiger partial charge on any atom is -0.370 e. The van der Waals surface area contributed by atoms with Gasteiger partial charge < -0.3 is 19.9 Å². The number of hydrogen-bond acceptors (Lipinski definition) is 5. The van der Waals surface area contributed by atoms with Gasteiger partial charge >= 0.3 is 0 Å². The third kappa shape index (κ3) is 6.40. The van der Waals surface area contributed by atoms with E-state index in [1.54, 1.807) is 15.9 Å². The lowest BCUT2D eigenvalue weighted by molar-refractivity contribution is -0.125. The summed E-state index contributed by atoms with van der Waals surface area (Å²) in [4.78, 5) is 41.0. The number of benzene rings is 2. The fourth-order valence-corrected chi connectivity index (χ4v) is 5.45. The van der Waals surface area contributed by atoms with Crippen LogP contribution >= 0.6 is 27.3 Å². The van der Waals surface area contributed by atoms with E-state index in [-0.39, 0.29) is 36.8 Å². The second-order valence-electron chi connectivity index (χ2n) is 8.71. The van der Waals surface area contributed by atoms with Gasteiger partial charge in [0.25, 0.3) is 11.8 Å². The minimum absolute atomic E-state index is 0.0303. The molecule has 0 saturated carbocycles. The van der Waals surface area contributed by atoms with E-state index in [1.807, 2.05) is 49.4 Å². The first-order valence-corrected chi connectivity index (χ1v) is 13.3.